The number of hydrogen-bond acceptors (Lipinski definition) is 5. The maximum absolute atomic E-state index is 12.0. The van der Waals surface area contributed by atoms with Crippen LogP contribution in [0.5, 0.6) is 0 Å². The number of anilines is 1. The standard InChI is InChI=1S/C28H26N2O4/c1-17-13-29(14-17)18-7-9-23-25(11-18)34-26-12-19(30-15-20(16-30)33-2)8-10-24(26)27(23)21-5-3-4-6-22(21)28(31)32/h3-12,17,20H,13-16H2,1-2H3. The summed E-state index contributed by atoms with van der Waals surface area (Å²) in [6.45, 7) is 5.98. The van der Waals surface area contributed by atoms with Crippen LogP contribution in [0.2, 0.25) is 0 Å². The zero-order chi connectivity index (χ0) is 23.4. The lowest BCUT2D eigenvalue weighted by Gasteiger charge is -2.40. The molecule has 0 N–H and O–H groups in total. The highest BCUT2D eigenvalue weighted by atomic mass is 16.5. The zero-order valence-electron chi connectivity index (χ0n) is 19.3. The smallest absolute Gasteiger partial charge is 0.203 e. The summed E-state index contributed by atoms with van der Waals surface area (Å²) >= 11 is 0. The molecule has 6 nitrogen and oxygen atoms in total. The van der Waals surface area contributed by atoms with Crippen molar-refractivity contribution in [2.75, 3.05) is 38.2 Å². The molecule has 0 bridgehead atoms. The minimum atomic E-state index is -1.19. The molecule has 6 rings (SSSR count). The summed E-state index contributed by atoms with van der Waals surface area (Å²) in [5.41, 5.74) is 4.33. The lowest BCUT2D eigenvalue weighted by molar-refractivity contribution is -0.254. The predicted molar refractivity (Wildman–Crippen MR) is 130 cm³/mol. The third-order valence-corrected chi connectivity index (χ3v) is 7.08. The van der Waals surface area contributed by atoms with Gasteiger partial charge in [0.25, 0.3) is 0 Å². The van der Waals surface area contributed by atoms with E-state index in [0.29, 0.717) is 11.5 Å². The van der Waals surface area contributed by atoms with Crippen LogP contribution in [0.1, 0.15) is 17.3 Å². The summed E-state index contributed by atoms with van der Waals surface area (Å²) < 4.78 is 14.2. The van der Waals surface area contributed by atoms with Gasteiger partial charge >= 0.3 is 0 Å². The number of fused-ring (bicyclic) bond motifs is 2. The number of nitrogens with zero attached hydrogens (tertiary/aromatic N) is 2. The molecule has 172 valence electrons. The van der Waals surface area contributed by atoms with E-state index in [-0.39, 0.29) is 11.7 Å². The molecule has 4 aliphatic rings. The van der Waals surface area contributed by atoms with Crippen LogP contribution in [-0.4, -0.2) is 45.4 Å². The predicted octanol–water partition coefficient (Wildman–Crippen LogP) is 2.83. The molecule has 0 spiro atoms. The van der Waals surface area contributed by atoms with Gasteiger partial charge in [0.05, 0.1) is 24.1 Å². The fraction of sp³-hybridized carbons (Fsp3) is 0.286. The third-order valence-electron chi connectivity index (χ3n) is 7.08. The van der Waals surface area contributed by atoms with Gasteiger partial charge in [-0.1, -0.05) is 31.2 Å². The highest BCUT2D eigenvalue weighted by molar-refractivity contribution is 6.07. The van der Waals surface area contributed by atoms with E-state index in [4.69, 9.17) is 9.15 Å². The summed E-state index contributed by atoms with van der Waals surface area (Å²) in [4.78, 5) is 14.2. The maximum atomic E-state index is 12.0. The van der Waals surface area contributed by atoms with Gasteiger partial charge in [0, 0.05) is 60.1 Å². The molecular weight excluding hydrogens is 428 g/mol. The van der Waals surface area contributed by atoms with Gasteiger partial charge in [-0.15, -0.1) is 0 Å². The van der Waals surface area contributed by atoms with Crippen LogP contribution >= 0.6 is 0 Å². The molecule has 3 heterocycles. The van der Waals surface area contributed by atoms with Crippen molar-refractivity contribution >= 4 is 22.6 Å². The molecule has 0 saturated carbocycles. The molecule has 2 saturated heterocycles. The molecule has 3 aliphatic heterocycles. The molecule has 0 radical (unpaired) electrons. The van der Waals surface area contributed by atoms with Gasteiger partial charge in [0.2, 0.25) is 5.36 Å². The van der Waals surface area contributed by atoms with Crippen molar-refractivity contribution < 1.29 is 19.1 Å². The highest BCUT2D eigenvalue weighted by Gasteiger charge is 2.29. The fourth-order valence-corrected chi connectivity index (χ4v) is 5.14. The van der Waals surface area contributed by atoms with Crippen molar-refractivity contribution in [3.63, 3.8) is 0 Å². The summed E-state index contributed by atoms with van der Waals surface area (Å²) in [5.74, 6) is 0.236. The van der Waals surface area contributed by atoms with E-state index >= 15 is 0 Å². The van der Waals surface area contributed by atoms with E-state index in [0.717, 1.165) is 65.1 Å². The molecule has 0 atom stereocenters. The Morgan fingerprint density at radius 3 is 2.59 bits per heavy atom. The Labute approximate surface area is 197 Å². The third kappa shape index (κ3) is 3.37. The molecule has 2 aromatic carbocycles. The summed E-state index contributed by atoms with van der Waals surface area (Å²) in [7, 11) is 1.74. The number of ether oxygens (including phenoxy) is 1. The largest absolute Gasteiger partial charge is 0.545 e. The van der Waals surface area contributed by atoms with Crippen molar-refractivity contribution in [2.45, 2.75) is 13.0 Å². The normalized spacial score (nSPS) is 18.2. The number of aromatic carboxylic acids is 1. The van der Waals surface area contributed by atoms with E-state index in [9.17, 15) is 9.90 Å². The molecule has 0 aromatic heterocycles. The van der Waals surface area contributed by atoms with Crippen LogP contribution in [0.4, 0.5) is 5.69 Å². The second kappa shape index (κ2) is 7.99. The van der Waals surface area contributed by atoms with Gasteiger partial charge in [-0.25, -0.2) is 4.58 Å². The average Bonchev–Trinajstić information content (AvgIpc) is 2.79. The molecular formula is C28H26N2O4. The first-order valence-electron chi connectivity index (χ1n) is 11.7. The van der Waals surface area contributed by atoms with Gasteiger partial charge in [-0.3, -0.25) is 0 Å². The number of carboxylic acids is 1. The minimum absolute atomic E-state index is 0.173. The Bertz CT molecular complexity index is 1460. The van der Waals surface area contributed by atoms with Crippen LogP contribution in [-0.2, 0) is 4.74 Å². The molecule has 2 fully saturated rings. The second-order valence-corrected chi connectivity index (χ2v) is 9.44. The van der Waals surface area contributed by atoms with Crippen molar-refractivity contribution in [2.24, 2.45) is 5.92 Å². The number of methoxy groups -OCH3 is 1. The van der Waals surface area contributed by atoms with E-state index in [2.05, 4.69) is 34.6 Å². The number of benzene rings is 3. The van der Waals surface area contributed by atoms with Gasteiger partial charge in [-0.2, -0.15) is 0 Å². The Kier molecular flexibility index (Phi) is 4.92. The molecule has 0 unspecified atom stereocenters. The lowest BCUT2D eigenvalue weighted by atomic mass is 9.90. The SMILES string of the molecule is COC1CN(c2ccc3c(-c4ccccc4C(=O)[O-])c4ccc(=[N+]5CC(C)C5)cc-4oc3c2)C1. The van der Waals surface area contributed by atoms with Gasteiger partial charge in [0.15, 0.2) is 13.1 Å². The Morgan fingerprint density at radius 1 is 1.06 bits per heavy atom. The first-order valence-corrected chi connectivity index (χ1v) is 11.7. The topological polar surface area (TPSA) is 68.8 Å². The molecule has 2 aromatic rings. The van der Waals surface area contributed by atoms with Crippen LogP contribution in [0.25, 0.3) is 33.4 Å². The molecule has 0 amide bonds. The van der Waals surface area contributed by atoms with Crippen LogP contribution in [0.15, 0.2) is 65.1 Å². The highest BCUT2D eigenvalue weighted by Crippen LogP contribution is 2.42. The van der Waals surface area contributed by atoms with Gasteiger partial charge in [-0.05, 0) is 23.8 Å². The molecule has 34 heavy (non-hydrogen) atoms. The first-order chi connectivity index (χ1) is 16.5. The minimum Gasteiger partial charge on any atom is -0.545 e. The number of carbonyl (C=O) groups excluding carboxylic acids is 1. The van der Waals surface area contributed by atoms with Crippen LogP contribution in [0, 0.1) is 5.92 Å². The first kappa shape index (κ1) is 20.9. The van der Waals surface area contributed by atoms with Gasteiger partial charge in [0.1, 0.15) is 11.3 Å². The Hall–Kier alpha value is -3.64. The van der Waals surface area contributed by atoms with Crippen LogP contribution in [0.3, 0.4) is 0 Å². The van der Waals surface area contributed by atoms with E-state index in [1.165, 1.54) is 0 Å². The quantitative estimate of drug-likeness (QED) is 0.350. The monoisotopic (exact) mass is 454 g/mol. The summed E-state index contributed by atoms with van der Waals surface area (Å²) in [6, 6.07) is 19.4. The second-order valence-electron chi connectivity index (χ2n) is 9.44. The fourth-order valence-electron chi connectivity index (χ4n) is 5.14. The molecule has 1 aliphatic carbocycles. The van der Waals surface area contributed by atoms with Crippen molar-refractivity contribution in [3.8, 4) is 22.5 Å². The van der Waals surface area contributed by atoms with Crippen LogP contribution < -0.4 is 19.9 Å². The Balaban J connectivity index is 1.60. The van der Waals surface area contributed by atoms with Crippen molar-refractivity contribution in [3.05, 3.63) is 71.6 Å². The summed E-state index contributed by atoms with van der Waals surface area (Å²) in [6.07, 6.45) is 0.246. The van der Waals surface area contributed by atoms with Crippen molar-refractivity contribution in [1.29, 1.82) is 0 Å². The van der Waals surface area contributed by atoms with Gasteiger partial charge < -0.3 is 24.0 Å². The molecule has 6 heteroatoms. The summed E-state index contributed by atoms with van der Waals surface area (Å²) in [5, 5.41) is 14.0. The number of hydrogen-bond donors (Lipinski definition) is 0. The van der Waals surface area contributed by atoms with E-state index in [1.807, 2.05) is 30.3 Å². The average molecular weight is 455 g/mol. The zero-order valence-corrected chi connectivity index (χ0v) is 19.3. The number of carbonyl (C=O) groups is 1. The van der Waals surface area contributed by atoms with E-state index in [1.54, 1.807) is 19.2 Å². The maximum Gasteiger partial charge on any atom is 0.203 e. The van der Waals surface area contributed by atoms with E-state index < -0.39 is 5.97 Å². The number of rotatable bonds is 4. The lowest BCUT2D eigenvalue weighted by Crippen LogP contribution is -2.51. The number of carboxylic acid groups (broad SMARTS) is 1. The Morgan fingerprint density at radius 2 is 1.85 bits per heavy atom. The van der Waals surface area contributed by atoms with Crippen molar-refractivity contribution in [1.82, 2.24) is 4.58 Å².